The van der Waals surface area contributed by atoms with Gasteiger partial charge in [-0.15, -0.1) is 0 Å². The molecular formula is C18H30N4O2. The summed E-state index contributed by atoms with van der Waals surface area (Å²) in [7, 11) is 0. The zero-order chi connectivity index (χ0) is 17.2. The molecule has 0 spiro atoms. The van der Waals surface area contributed by atoms with Crippen molar-refractivity contribution in [1.82, 2.24) is 5.32 Å². The summed E-state index contributed by atoms with van der Waals surface area (Å²) in [5, 5.41) is 4.84. The maximum atomic E-state index is 6.06. The zero-order valence-electron chi connectivity index (χ0n) is 14.5. The van der Waals surface area contributed by atoms with Crippen molar-refractivity contribution in [1.29, 1.82) is 0 Å². The molecule has 24 heavy (non-hydrogen) atoms. The first-order valence-corrected chi connectivity index (χ1v) is 8.72. The molecule has 6 nitrogen and oxygen atoms in total. The quantitative estimate of drug-likeness (QED) is 0.474. The van der Waals surface area contributed by atoms with E-state index in [1.807, 2.05) is 12.1 Å². The van der Waals surface area contributed by atoms with Crippen LogP contribution in [0.4, 0.5) is 5.69 Å². The van der Waals surface area contributed by atoms with Crippen molar-refractivity contribution in [2.45, 2.75) is 45.4 Å². The van der Waals surface area contributed by atoms with Gasteiger partial charge in [0.05, 0.1) is 12.3 Å². The molecule has 0 saturated carbocycles. The van der Waals surface area contributed by atoms with Crippen molar-refractivity contribution < 1.29 is 9.47 Å². The second kappa shape index (κ2) is 10.3. The lowest BCUT2D eigenvalue weighted by atomic mass is 10.2. The zero-order valence-corrected chi connectivity index (χ0v) is 14.5. The second-order valence-corrected chi connectivity index (χ2v) is 5.97. The lowest BCUT2D eigenvalue weighted by molar-refractivity contribution is -0.161. The predicted molar refractivity (Wildman–Crippen MR) is 96.9 cm³/mol. The minimum Gasteiger partial charge on any atom is -0.401 e. The number of hydrazine groups is 1. The molecule has 0 amide bonds. The number of ether oxygens (including phenoxy) is 2. The minimum absolute atomic E-state index is 0.0789. The molecule has 1 aromatic carbocycles. The van der Waals surface area contributed by atoms with E-state index in [0.29, 0.717) is 18.7 Å². The number of benzene rings is 1. The van der Waals surface area contributed by atoms with Crippen molar-refractivity contribution in [3.8, 4) is 0 Å². The maximum Gasteiger partial charge on any atom is 0.157 e. The van der Waals surface area contributed by atoms with E-state index in [9.17, 15) is 0 Å². The Labute approximate surface area is 144 Å². The van der Waals surface area contributed by atoms with Gasteiger partial charge in [0.25, 0.3) is 0 Å². The summed E-state index contributed by atoms with van der Waals surface area (Å²) in [5.41, 5.74) is 8.84. The summed E-state index contributed by atoms with van der Waals surface area (Å²) in [5.74, 6) is 6.06. The third-order valence-electron chi connectivity index (χ3n) is 3.95. The van der Waals surface area contributed by atoms with Gasteiger partial charge >= 0.3 is 0 Å². The lowest BCUT2D eigenvalue weighted by Crippen LogP contribution is -2.27. The average molecular weight is 334 g/mol. The Bertz CT molecular complexity index is 498. The van der Waals surface area contributed by atoms with E-state index in [-0.39, 0.29) is 6.29 Å². The van der Waals surface area contributed by atoms with Gasteiger partial charge in [-0.1, -0.05) is 19.1 Å². The molecule has 5 N–H and O–H groups in total. The van der Waals surface area contributed by atoms with Crippen LogP contribution in [0, 0.1) is 0 Å². The van der Waals surface area contributed by atoms with Crippen molar-refractivity contribution in [2.75, 3.05) is 24.8 Å². The van der Waals surface area contributed by atoms with E-state index in [1.165, 1.54) is 5.56 Å². The molecule has 1 aliphatic heterocycles. The Balaban J connectivity index is 1.76. The van der Waals surface area contributed by atoms with E-state index >= 15 is 0 Å². The number of anilines is 1. The molecule has 1 aliphatic rings. The van der Waals surface area contributed by atoms with E-state index in [0.717, 1.165) is 44.6 Å². The fourth-order valence-electron chi connectivity index (χ4n) is 2.52. The van der Waals surface area contributed by atoms with Crippen LogP contribution in [0.2, 0.25) is 0 Å². The lowest BCUT2D eigenvalue weighted by Gasteiger charge is -2.22. The van der Waals surface area contributed by atoms with Crippen molar-refractivity contribution in [2.24, 2.45) is 11.6 Å². The molecule has 1 heterocycles. The molecule has 1 aromatic rings. The summed E-state index contributed by atoms with van der Waals surface area (Å²) in [6.07, 6.45) is 5.54. The fourth-order valence-corrected chi connectivity index (χ4v) is 2.52. The third-order valence-corrected chi connectivity index (χ3v) is 3.95. The molecule has 6 heteroatoms. The molecule has 1 fully saturated rings. The second-order valence-electron chi connectivity index (χ2n) is 5.97. The molecule has 0 radical (unpaired) electrons. The number of nitrogens with one attached hydrogen (secondary N) is 1. The van der Waals surface area contributed by atoms with Crippen molar-refractivity contribution in [3.63, 3.8) is 0 Å². The highest BCUT2D eigenvalue weighted by atomic mass is 16.7. The van der Waals surface area contributed by atoms with Crippen LogP contribution in [-0.2, 0) is 16.0 Å². The van der Waals surface area contributed by atoms with Gasteiger partial charge in [-0.05, 0) is 43.5 Å². The van der Waals surface area contributed by atoms with Crippen LogP contribution in [0.1, 0.15) is 38.2 Å². The Hall–Kier alpha value is -1.60. The Kier molecular flexibility index (Phi) is 8.04. The average Bonchev–Trinajstić information content (AvgIpc) is 2.61. The van der Waals surface area contributed by atoms with E-state index in [1.54, 1.807) is 11.2 Å². The smallest absolute Gasteiger partial charge is 0.157 e. The van der Waals surface area contributed by atoms with Gasteiger partial charge in [0, 0.05) is 31.5 Å². The molecular weight excluding hydrogens is 304 g/mol. The van der Waals surface area contributed by atoms with Crippen LogP contribution in [0.15, 0.2) is 36.2 Å². The molecule has 1 atom stereocenters. The number of nitrogens with zero attached hydrogens (tertiary/aromatic N) is 1. The van der Waals surface area contributed by atoms with E-state index < -0.39 is 0 Å². The normalized spacial score (nSPS) is 18.6. The summed E-state index contributed by atoms with van der Waals surface area (Å²) in [6, 6.07) is 8.10. The van der Waals surface area contributed by atoms with Crippen LogP contribution in [0.5, 0.6) is 0 Å². The van der Waals surface area contributed by atoms with Gasteiger partial charge in [-0.25, -0.2) is 5.84 Å². The van der Waals surface area contributed by atoms with Crippen LogP contribution in [0.3, 0.4) is 0 Å². The predicted octanol–water partition coefficient (Wildman–Crippen LogP) is 2.21. The molecule has 1 saturated heterocycles. The van der Waals surface area contributed by atoms with Crippen molar-refractivity contribution in [3.05, 3.63) is 41.7 Å². The Morgan fingerprint density at radius 3 is 2.83 bits per heavy atom. The number of hydrogen-bond acceptors (Lipinski definition) is 6. The number of rotatable bonds is 9. The molecule has 0 bridgehead atoms. The SMILES string of the molecule is CCNCc1ccc(N(N)/C=C(\N)CCOC2CCCCO2)cc1. The number of hydrogen-bond donors (Lipinski definition) is 3. The summed E-state index contributed by atoms with van der Waals surface area (Å²) in [4.78, 5) is 0. The molecule has 0 aromatic heterocycles. The molecule has 134 valence electrons. The Morgan fingerprint density at radius 1 is 1.38 bits per heavy atom. The standard InChI is InChI=1S/C18H30N4O2/c1-2-21-13-15-6-8-17(9-7-15)22(20)14-16(19)10-12-24-18-5-3-4-11-23-18/h6-9,14,18,21H,2-5,10-13,19-20H2,1H3/b16-14-. The van der Waals surface area contributed by atoms with Crippen molar-refractivity contribution >= 4 is 5.69 Å². The first-order chi connectivity index (χ1) is 11.7. The first kappa shape index (κ1) is 18.7. The summed E-state index contributed by atoms with van der Waals surface area (Å²) < 4.78 is 11.2. The van der Waals surface area contributed by atoms with E-state index in [2.05, 4.69) is 24.4 Å². The first-order valence-electron chi connectivity index (χ1n) is 8.72. The van der Waals surface area contributed by atoms with Gasteiger partial charge < -0.3 is 20.5 Å². The third kappa shape index (κ3) is 6.49. The van der Waals surface area contributed by atoms with Gasteiger partial charge in [-0.3, -0.25) is 5.01 Å². The largest absolute Gasteiger partial charge is 0.401 e. The van der Waals surface area contributed by atoms with Gasteiger partial charge in [0.15, 0.2) is 6.29 Å². The van der Waals surface area contributed by atoms with Gasteiger partial charge in [0.2, 0.25) is 0 Å². The van der Waals surface area contributed by atoms with E-state index in [4.69, 9.17) is 21.1 Å². The van der Waals surface area contributed by atoms with Crippen LogP contribution in [-0.4, -0.2) is 26.0 Å². The molecule has 0 aliphatic carbocycles. The molecule has 1 unspecified atom stereocenters. The summed E-state index contributed by atoms with van der Waals surface area (Å²) >= 11 is 0. The number of nitrogens with two attached hydrogens (primary N) is 2. The van der Waals surface area contributed by atoms with Gasteiger partial charge in [-0.2, -0.15) is 0 Å². The molecule has 2 rings (SSSR count). The van der Waals surface area contributed by atoms with Crippen LogP contribution < -0.4 is 21.9 Å². The Morgan fingerprint density at radius 2 is 2.17 bits per heavy atom. The summed E-state index contributed by atoms with van der Waals surface area (Å²) in [6.45, 7) is 5.24. The highest BCUT2D eigenvalue weighted by molar-refractivity contribution is 5.48. The topological polar surface area (TPSA) is 85.8 Å². The fraction of sp³-hybridized carbons (Fsp3) is 0.556. The monoisotopic (exact) mass is 334 g/mol. The van der Waals surface area contributed by atoms with Crippen LogP contribution in [0.25, 0.3) is 0 Å². The van der Waals surface area contributed by atoms with Crippen LogP contribution >= 0.6 is 0 Å². The maximum absolute atomic E-state index is 6.06. The minimum atomic E-state index is -0.0789. The van der Waals surface area contributed by atoms with Gasteiger partial charge in [0.1, 0.15) is 0 Å². The highest BCUT2D eigenvalue weighted by Crippen LogP contribution is 2.15. The highest BCUT2D eigenvalue weighted by Gasteiger charge is 2.13.